The lowest BCUT2D eigenvalue weighted by atomic mass is 10.1. The first kappa shape index (κ1) is 12.6. The summed E-state index contributed by atoms with van der Waals surface area (Å²) in [7, 11) is 0. The smallest absolute Gasteiger partial charge is 0.271 e. The molecule has 0 aliphatic heterocycles. The first-order valence-electron chi connectivity index (χ1n) is 5.38. The number of aromatic amines is 1. The first-order chi connectivity index (χ1) is 8.66. The van der Waals surface area contributed by atoms with Gasteiger partial charge in [-0.3, -0.25) is 4.79 Å². The van der Waals surface area contributed by atoms with Crippen LogP contribution in [0.1, 0.15) is 5.56 Å². The van der Waals surface area contributed by atoms with Crippen molar-refractivity contribution in [3.63, 3.8) is 0 Å². The Morgan fingerprint density at radius 3 is 2.78 bits per heavy atom. The van der Waals surface area contributed by atoms with E-state index in [2.05, 4.69) is 15.3 Å². The zero-order chi connectivity index (χ0) is 13.0. The molecule has 0 amide bonds. The van der Waals surface area contributed by atoms with E-state index in [4.69, 9.17) is 11.6 Å². The molecule has 0 spiro atoms. The molecule has 0 aliphatic rings. The van der Waals surface area contributed by atoms with E-state index in [1.54, 1.807) is 12.1 Å². The van der Waals surface area contributed by atoms with E-state index in [1.807, 2.05) is 0 Å². The largest absolute Gasteiger partial charge is 0.368 e. The molecule has 2 N–H and O–H groups in total. The third-order valence-electron chi connectivity index (χ3n) is 2.42. The Kier molecular flexibility index (Phi) is 3.94. The van der Waals surface area contributed by atoms with Crippen LogP contribution in [0.2, 0.25) is 5.02 Å². The number of H-pyrrole nitrogens is 1. The SMILES string of the molecule is O=c1[nH]cnc(NCCc2ccc(F)cc2)c1Cl. The predicted octanol–water partition coefficient (Wildman–Crippen LogP) is 2.22. The maximum absolute atomic E-state index is 12.7. The Hall–Kier alpha value is -1.88. The predicted molar refractivity (Wildman–Crippen MR) is 68.5 cm³/mol. The van der Waals surface area contributed by atoms with Crippen molar-refractivity contribution in [2.45, 2.75) is 6.42 Å². The van der Waals surface area contributed by atoms with Gasteiger partial charge in [-0.15, -0.1) is 0 Å². The zero-order valence-corrected chi connectivity index (χ0v) is 10.2. The highest BCUT2D eigenvalue weighted by Gasteiger charge is 2.04. The van der Waals surface area contributed by atoms with Crippen LogP contribution in [0.25, 0.3) is 0 Å². The van der Waals surface area contributed by atoms with Gasteiger partial charge in [-0.25, -0.2) is 9.37 Å². The fourth-order valence-corrected chi connectivity index (χ4v) is 1.65. The molecule has 0 saturated heterocycles. The minimum Gasteiger partial charge on any atom is -0.368 e. The minimum absolute atomic E-state index is 0.0385. The van der Waals surface area contributed by atoms with E-state index in [9.17, 15) is 9.18 Å². The van der Waals surface area contributed by atoms with Gasteiger partial charge in [0.05, 0.1) is 6.33 Å². The Morgan fingerprint density at radius 2 is 2.06 bits per heavy atom. The van der Waals surface area contributed by atoms with Crippen molar-refractivity contribution in [3.8, 4) is 0 Å². The van der Waals surface area contributed by atoms with Crippen molar-refractivity contribution in [1.82, 2.24) is 9.97 Å². The van der Waals surface area contributed by atoms with Crippen LogP contribution >= 0.6 is 11.6 Å². The van der Waals surface area contributed by atoms with Crippen LogP contribution in [0.3, 0.4) is 0 Å². The maximum Gasteiger partial charge on any atom is 0.271 e. The summed E-state index contributed by atoms with van der Waals surface area (Å²) >= 11 is 5.78. The van der Waals surface area contributed by atoms with E-state index >= 15 is 0 Å². The number of nitrogens with one attached hydrogen (secondary N) is 2. The fourth-order valence-electron chi connectivity index (χ4n) is 1.48. The van der Waals surface area contributed by atoms with Gasteiger partial charge in [0.15, 0.2) is 5.82 Å². The highest BCUT2D eigenvalue weighted by atomic mass is 35.5. The number of nitrogens with zero attached hydrogens (tertiary/aromatic N) is 1. The molecule has 1 aromatic carbocycles. The van der Waals surface area contributed by atoms with Gasteiger partial charge >= 0.3 is 0 Å². The zero-order valence-electron chi connectivity index (χ0n) is 9.41. The van der Waals surface area contributed by atoms with Crippen LogP contribution in [-0.4, -0.2) is 16.5 Å². The Morgan fingerprint density at radius 1 is 1.33 bits per heavy atom. The summed E-state index contributed by atoms with van der Waals surface area (Å²) < 4.78 is 12.7. The van der Waals surface area contributed by atoms with Gasteiger partial charge in [0.1, 0.15) is 10.8 Å². The summed E-state index contributed by atoms with van der Waals surface area (Å²) in [6.07, 6.45) is 1.97. The molecule has 1 heterocycles. The van der Waals surface area contributed by atoms with E-state index in [0.29, 0.717) is 18.8 Å². The number of halogens is 2. The second-order valence-corrected chi connectivity index (χ2v) is 4.08. The average molecular weight is 268 g/mol. The van der Waals surface area contributed by atoms with Crippen molar-refractivity contribution in [3.05, 3.63) is 57.3 Å². The summed E-state index contributed by atoms with van der Waals surface area (Å²) in [6, 6.07) is 6.25. The third-order valence-corrected chi connectivity index (χ3v) is 2.77. The van der Waals surface area contributed by atoms with Crippen LogP contribution < -0.4 is 10.9 Å². The van der Waals surface area contributed by atoms with Gasteiger partial charge in [0.2, 0.25) is 0 Å². The molecule has 0 aliphatic carbocycles. The molecule has 2 rings (SSSR count). The molecule has 18 heavy (non-hydrogen) atoms. The van der Waals surface area contributed by atoms with E-state index < -0.39 is 0 Å². The molecule has 94 valence electrons. The second-order valence-electron chi connectivity index (χ2n) is 3.70. The normalized spacial score (nSPS) is 10.3. The third kappa shape index (κ3) is 3.07. The topological polar surface area (TPSA) is 57.8 Å². The van der Waals surface area contributed by atoms with Crippen LogP contribution in [0.15, 0.2) is 35.4 Å². The molecule has 0 fully saturated rings. The average Bonchev–Trinajstić information content (AvgIpc) is 2.37. The highest BCUT2D eigenvalue weighted by molar-refractivity contribution is 6.32. The number of benzene rings is 1. The maximum atomic E-state index is 12.7. The molecule has 0 unspecified atom stereocenters. The minimum atomic E-state index is -0.379. The fraction of sp³-hybridized carbons (Fsp3) is 0.167. The monoisotopic (exact) mass is 267 g/mol. The number of anilines is 1. The van der Waals surface area contributed by atoms with E-state index in [1.165, 1.54) is 18.5 Å². The molecule has 0 radical (unpaired) electrons. The van der Waals surface area contributed by atoms with Crippen molar-refractivity contribution >= 4 is 17.4 Å². The lowest BCUT2D eigenvalue weighted by molar-refractivity contribution is 0.627. The van der Waals surface area contributed by atoms with Crippen LogP contribution in [0.5, 0.6) is 0 Å². The second kappa shape index (κ2) is 5.64. The standard InChI is InChI=1S/C12H11ClFN3O/c13-10-11(16-7-17-12(10)18)15-6-5-8-1-3-9(14)4-2-8/h1-4,7H,5-6H2,(H2,15,16,17,18). The number of hydrogen-bond acceptors (Lipinski definition) is 3. The summed E-state index contributed by atoms with van der Waals surface area (Å²) in [4.78, 5) is 17.5. The van der Waals surface area contributed by atoms with Crippen LogP contribution in [-0.2, 0) is 6.42 Å². The van der Waals surface area contributed by atoms with Crippen molar-refractivity contribution < 1.29 is 4.39 Å². The van der Waals surface area contributed by atoms with E-state index in [-0.39, 0.29) is 16.4 Å². The van der Waals surface area contributed by atoms with Gasteiger partial charge in [0.25, 0.3) is 5.56 Å². The van der Waals surface area contributed by atoms with Crippen molar-refractivity contribution in [1.29, 1.82) is 0 Å². The number of aromatic nitrogens is 2. The van der Waals surface area contributed by atoms with Crippen molar-refractivity contribution in [2.75, 3.05) is 11.9 Å². The van der Waals surface area contributed by atoms with Gasteiger partial charge in [-0.05, 0) is 24.1 Å². The molecular formula is C12H11ClFN3O. The molecule has 4 nitrogen and oxygen atoms in total. The van der Waals surface area contributed by atoms with Crippen LogP contribution in [0.4, 0.5) is 10.2 Å². The van der Waals surface area contributed by atoms with Crippen LogP contribution in [0, 0.1) is 5.82 Å². The lowest BCUT2D eigenvalue weighted by Gasteiger charge is -2.06. The van der Waals surface area contributed by atoms with Gasteiger partial charge in [0, 0.05) is 6.54 Å². The summed E-state index contributed by atoms with van der Waals surface area (Å²) in [5.74, 6) is 0.0912. The molecule has 6 heteroatoms. The number of rotatable bonds is 4. The summed E-state index contributed by atoms with van der Waals surface area (Å²) in [5.41, 5.74) is 0.612. The van der Waals surface area contributed by atoms with Gasteiger partial charge in [-0.1, -0.05) is 23.7 Å². The summed E-state index contributed by atoms with van der Waals surface area (Å²) in [5, 5.41) is 3.00. The summed E-state index contributed by atoms with van der Waals surface area (Å²) in [6.45, 7) is 0.557. The van der Waals surface area contributed by atoms with Gasteiger partial charge in [-0.2, -0.15) is 0 Å². The Bertz CT molecular complexity index is 583. The molecule has 0 bridgehead atoms. The Labute approximate surface area is 108 Å². The molecule has 1 aromatic heterocycles. The quantitative estimate of drug-likeness (QED) is 0.893. The Balaban J connectivity index is 1.94. The lowest BCUT2D eigenvalue weighted by Crippen LogP contribution is -2.13. The molecule has 0 saturated carbocycles. The molecule has 2 aromatic rings. The number of hydrogen-bond donors (Lipinski definition) is 2. The van der Waals surface area contributed by atoms with E-state index in [0.717, 1.165) is 5.56 Å². The van der Waals surface area contributed by atoms with Gasteiger partial charge < -0.3 is 10.3 Å². The molecular weight excluding hydrogens is 257 g/mol. The van der Waals surface area contributed by atoms with Crippen molar-refractivity contribution in [2.24, 2.45) is 0 Å². The highest BCUT2D eigenvalue weighted by Crippen LogP contribution is 2.12. The molecule has 0 atom stereocenters. The first-order valence-corrected chi connectivity index (χ1v) is 5.76.